The van der Waals surface area contributed by atoms with Crippen molar-refractivity contribution in [2.24, 2.45) is 5.92 Å². The number of benzene rings is 1. The van der Waals surface area contributed by atoms with Crippen LogP contribution in [0.2, 0.25) is 0 Å². The Balaban J connectivity index is 0.000000617. The Kier molecular flexibility index (Phi) is 7.11. The van der Waals surface area contributed by atoms with Gasteiger partial charge in [-0.15, -0.1) is 0 Å². The van der Waals surface area contributed by atoms with E-state index in [0.717, 1.165) is 5.92 Å². The molecule has 0 aromatic heterocycles. The molecular weight excluding hydrogens is 180 g/mol. The van der Waals surface area contributed by atoms with Gasteiger partial charge in [0.25, 0.3) is 0 Å². The van der Waals surface area contributed by atoms with Gasteiger partial charge in [0.1, 0.15) is 0 Å². The summed E-state index contributed by atoms with van der Waals surface area (Å²) in [4.78, 5) is 0. The summed E-state index contributed by atoms with van der Waals surface area (Å²) in [7, 11) is 0. The van der Waals surface area contributed by atoms with Gasteiger partial charge >= 0.3 is 0 Å². The Hall–Kier alpha value is -0.780. The van der Waals surface area contributed by atoms with Gasteiger partial charge in [0, 0.05) is 0 Å². The van der Waals surface area contributed by atoms with E-state index in [0.29, 0.717) is 0 Å². The molecule has 2 rings (SSSR count). The Labute approximate surface area is 95.7 Å². The minimum Gasteiger partial charge on any atom is -0.0776 e. The molecule has 1 unspecified atom stereocenters. The molecule has 1 aromatic carbocycles. The van der Waals surface area contributed by atoms with Gasteiger partial charge in [-0.05, 0) is 36.3 Å². The van der Waals surface area contributed by atoms with Crippen molar-refractivity contribution >= 4 is 0 Å². The van der Waals surface area contributed by atoms with Gasteiger partial charge in [0.2, 0.25) is 0 Å². The molecule has 1 aliphatic rings. The number of aryl methyl sites for hydroxylation is 1. The van der Waals surface area contributed by atoms with Crippen molar-refractivity contribution < 1.29 is 0 Å². The molecule has 1 atom stereocenters. The predicted molar refractivity (Wildman–Crippen MR) is 70.3 cm³/mol. The third-order valence-electron chi connectivity index (χ3n) is 3.03. The first kappa shape index (κ1) is 14.2. The highest BCUT2D eigenvalue weighted by atomic mass is 14.2. The van der Waals surface area contributed by atoms with E-state index in [4.69, 9.17) is 0 Å². The zero-order valence-corrected chi connectivity index (χ0v) is 9.72. The first-order chi connectivity index (χ1) is 6.90. The van der Waals surface area contributed by atoms with E-state index in [2.05, 4.69) is 31.2 Å². The summed E-state index contributed by atoms with van der Waals surface area (Å²) in [6.45, 7) is 6.30. The van der Waals surface area contributed by atoms with Crippen LogP contribution >= 0.6 is 0 Å². The smallest absolute Gasteiger partial charge is 0.0248 e. The van der Waals surface area contributed by atoms with Crippen LogP contribution in [0.1, 0.15) is 52.2 Å². The van der Waals surface area contributed by atoms with Crippen molar-refractivity contribution in [2.45, 2.75) is 53.9 Å². The number of hydrogen-bond donors (Lipinski definition) is 0. The largest absolute Gasteiger partial charge is 0.0776 e. The number of hydrogen-bond acceptors (Lipinski definition) is 0. The van der Waals surface area contributed by atoms with Crippen molar-refractivity contribution in [1.29, 1.82) is 0 Å². The molecule has 1 aliphatic carbocycles. The molecule has 1 aromatic rings. The predicted octanol–water partition coefficient (Wildman–Crippen LogP) is 4.86. The third kappa shape index (κ3) is 3.70. The van der Waals surface area contributed by atoms with Gasteiger partial charge in [-0.25, -0.2) is 0 Å². The van der Waals surface area contributed by atoms with Crippen molar-refractivity contribution in [3.63, 3.8) is 0 Å². The second kappa shape index (κ2) is 7.50. The molecule has 0 bridgehead atoms. The highest BCUT2D eigenvalue weighted by Gasteiger charge is 2.15. The van der Waals surface area contributed by atoms with Gasteiger partial charge in [-0.2, -0.15) is 0 Å². The molecule has 86 valence electrons. The molecule has 0 N–H and O–H groups in total. The van der Waals surface area contributed by atoms with Crippen LogP contribution in [0, 0.1) is 5.92 Å². The molecule has 0 nitrogen and oxygen atoms in total. The summed E-state index contributed by atoms with van der Waals surface area (Å²) in [6, 6.07) is 8.89. The third-order valence-corrected chi connectivity index (χ3v) is 3.03. The van der Waals surface area contributed by atoms with E-state index in [1.54, 1.807) is 11.1 Å². The first-order valence-corrected chi connectivity index (χ1v) is 5.97. The lowest BCUT2D eigenvalue weighted by Crippen LogP contribution is -2.12. The molecule has 0 saturated carbocycles. The van der Waals surface area contributed by atoms with E-state index in [9.17, 15) is 0 Å². The molecule has 0 heteroatoms. The van der Waals surface area contributed by atoms with Gasteiger partial charge in [-0.1, -0.05) is 58.9 Å². The van der Waals surface area contributed by atoms with Gasteiger partial charge in [-0.3, -0.25) is 0 Å². The molecule has 0 spiro atoms. The maximum Gasteiger partial charge on any atom is -0.0248 e. The molecule has 0 radical (unpaired) electrons. The van der Waals surface area contributed by atoms with Crippen LogP contribution in [0.3, 0.4) is 0 Å². The lowest BCUT2D eigenvalue weighted by atomic mass is 9.83. The molecular formula is C15H26. The van der Waals surface area contributed by atoms with Crippen LogP contribution in [-0.2, 0) is 12.8 Å². The molecule has 0 saturated heterocycles. The molecule has 0 aliphatic heterocycles. The minimum atomic E-state index is 0. The minimum absolute atomic E-state index is 0. The average Bonchev–Trinajstić information content (AvgIpc) is 2.31. The summed E-state index contributed by atoms with van der Waals surface area (Å²) in [5.74, 6) is 0.944. The van der Waals surface area contributed by atoms with E-state index in [-0.39, 0.29) is 7.43 Å². The Morgan fingerprint density at radius 3 is 2.33 bits per heavy atom. The summed E-state index contributed by atoms with van der Waals surface area (Å²) in [5.41, 5.74) is 3.18. The van der Waals surface area contributed by atoms with Gasteiger partial charge < -0.3 is 0 Å². The molecule has 0 amide bonds. The van der Waals surface area contributed by atoms with Crippen molar-refractivity contribution in [3.05, 3.63) is 35.4 Å². The van der Waals surface area contributed by atoms with Crippen LogP contribution in [-0.4, -0.2) is 0 Å². The van der Waals surface area contributed by atoms with Crippen molar-refractivity contribution in [2.75, 3.05) is 0 Å². The van der Waals surface area contributed by atoms with E-state index in [1.165, 1.54) is 25.7 Å². The number of rotatable bonds is 1. The first-order valence-electron chi connectivity index (χ1n) is 5.97. The van der Waals surface area contributed by atoms with Gasteiger partial charge in [0.15, 0.2) is 0 Å². The van der Waals surface area contributed by atoms with Crippen LogP contribution < -0.4 is 0 Å². The average molecular weight is 206 g/mol. The highest BCUT2D eigenvalue weighted by Crippen LogP contribution is 2.26. The lowest BCUT2D eigenvalue weighted by Gasteiger charge is -2.23. The van der Waals surface area contributed by atoms with Crippen LogP contribution in [0.4, 0.5) is 0 Å². The summed E-state index contributed by atoms with van der Waals surface area (Å²) in [6.07, 6.45) is 5.35. The summed E-state index contributed by atoms with van der Waals surface area (Å²) in [5, 5.41) is 0. The molecule has 15 heavy (non-hydrogen) atoms. The lowest BCUT2D eigenvalue weighted by molar-refractivity contribution is 0.445. The Morgan fingerprint density at radius 1 is 1.13 bits per heavy atom. The van der Waals surface area contributed by atoms with E-state index in [1.807, 2.05) is 13.8 Å². The Bertz CT molecular complexity index is 262. The zero-order valence-electron chi connectivity index (χ0n) is 9.72. The van der Waals surface area contributed by atoms with Crippen molar-refractivity contribution in [1.82, 2.24) is 0 Å². The summed E-state index contributed by atoms with van der Waals surface area (Å²) < 4.78 is 0. The summed E-state index contributed by atoms with van der Waals surface area (Å²) >= 11 is 0. The normalized spacial score (nSPS) is 17.9. The van der Waals surface area contributed by atoms with Crippen LogP contribution in [0.5, 0.6) is 0 Å². The fourth-order valence-corrected chi connectivity index (χ4v) is 2.12. The second-order valence-electron chi connectivity index (χ2n) is 3.79. The zero-order chi connectivity index (χ0) is 10.4. The Morgan fingerprint density at radius 2 is 1.73 bits per heavy atom. The quantitative estimate of drug-likeness (QED) is 0.615. The monoisotopic (exact) mass is 206 g/mol. The number of fused-ring (bicyclic) bond motifs is 1. The maximum atomic E-state index is 2.30. The SMILES string of the molecule is C.CC.CCC1CCc2ccccc2C1. The van der Waals surface area contributed by atoms with E-state index >= 15 is 0 Å². The fourth-order valence-electron chi connectivity index (χ4n) is 2.12. The topological polar surface area (TPSA) is 0 Å². The second-order valence-corrected chi connectivity index (χ2v) is 3.79. The molecule has 0 fully saturated rings. The standard InChI is InChI=1S/C12H16.C2H6.CH4/c1-2-10-7-8-11-5-3-4-6-12(11)9-10;1-2;/h3-6,10H,2,7-9H2,1H3;1-2H3;1H4. The molecule has 0 heterocycles. The van der Waals surface area contributed by atoms with Crippen LogP contribution in [0.25, 0.3) is 0 Å². The van der Waals surface area contributed by atoms with Crippen molar-refractivity contribution in [3.8, 4) is 0 Å². The van der Waals surface area contributed by atoms with E-state index < -0.39 is 0 Å². The van der Waals surface area contributed by atoms with Gasteiger partial charge in [0.05, 0.1) is 0 Å². The highest BCUT2D eigenvalue weighted by molar-refractivity contribution is 5.29. The fraction of sp³-hybridized carbons (Fsp3) is 0.600. The van der Waals surface area contributed by atoms with Crippen LogP contribution in [0.15, 0.2) is 24.3 Å². The maximum absolute atomic E-state index is 2.30.